The number of amides is 2. The Kier molecular flexibility index (Phi) is 3.74. The number of carboxylic acids is 1. The van der Waals surface area contributed by atoms with Gasteiger partial charge in [-0.2, -0.15) is 0 Å². The van der Waals surface area contributed by atoms with Crippen molar-refractivity contribution in [3.05, 3.63) is 47.3 Å². The third kappa shape index (κ3) is 2.97. The summed E-state index contributed by atoms with van der Waals surface area (Å²) in [6.45, 7) is 3.55. The van der Waals surface area contributed by atoms with Crippen LogP contribution in [0.4, 0.5) is 16.2 Å². The molecule has 1 heterocycles. The number of hydrogen-bond donors (Lipinski definition) is 4. The van der Waals surface area contributed by atoms with Crippen molar-refractivity contribution in [2.24, 2.45) is 0 Å². The highest BCUT2D eigenvalue weighted by atomic mass is 16.4. The highest BCUT2D eigenvalue weighted by Gasteiger charge is 2.16. The van der Waals surface area contributed by atoms with Crippen LogP contribution in [0.3, 0.4) is 0 Å². The van der Waals surface area contributed by atoms with Crippen LogP contribution in [0.25, 0.3) is 0 Å². The molecule has 0 unspecified atom stereocenters. The van der Waals surface area contributed by atoms with Gasteiger partial charge in [0.2, 0.25) is 0 Å². The lowest BCUT2D eigenvalue weighted by Gasteiger charge is -2.08. The molecule has 1 aromatic heterocycles. The minimum absolute atomic E-state index is 0.0596. The number of aromatic amines is 1. The van der Waals surface area contributed by atoms with Crippen molar-refractivity contribution in [3.8, 4) is 0 Å². The number of aromatic nitrogens is 1. The van der Waals surface area contributed by atoms with Gasteiger partial charge in [0.25, 0.3) is 0 Å². The van der Waals surface area contributed by atoms with E-state index in [1.165, 1.54) is 6.20 Å². The van der Waals surface area contributed by atoms with Gasteiger partial charge in [-0.1, -0.05) is 12.1 Å². The van der Waals surface area contributed by atoms with Crippen molar-refractivity contribution in [1.82, 2.24) is 4.98 Å². The van der Waals surface area contributed by atoms with E-state index in [0.29, 0.717) is 11.4 Å². The molecule has 0 aliphatic carbocycles. The van der Waals surface area contributed by atoms with E-state index in [9.17, 15) is 9.59 Å². The van der Waals surface area contributed by atoms with E-state index in [0.717, 1.165) is 5.56 Å². The van der Waals surface area contributed by atoms with Gasteiger partial charge >= 0.3 is 12.0 Å². The Morgan fingerprint density at radius 1 is 1.20 bits per heavy atom. The summed E-state index contributed by atoms with van der Waals surface area (Å²) in [5.41, 5.74) is 2.45. The third-order valence-electron chi connectivity index (χ3n) is 2.82. The van der Waals surface area contributed by atoms with Gasteiger partial charge in [0.05, 0.1) is 5.69 Å². The average molecular weight is 273 g/mol. The van der Waals surface area contributed by atoms with Gasteiger partial charge in [-0.25, -0.2) is 9.59 Å². The molecule has 4 N–H and O–H groups in total. The molecule has 1 aromatic carbocycles. The zero-order chi connectivity index (χ0) is 14.7. The predicted molar refractivity (Wildman–Crippen MR) is 76.3 cm³/mol. The van der Waals surface area contributed by atoms with Crippen molar-refractivity contribution >= 4 is 23.4 Å². The quantitative estimate of drug-likeness (QED) is 0.692. The second-order valence-corrected chi connectivity index (χ2v) is 4.46. The van der Waals surface area contributed by atoms with Crippen LogP contribution in [-0.4, -0.2) is 22.1 Å². The Hall–Kier alpha value is -2.76. The maximum absolute atomic E-state index is 11.8. The minimum Gasteiger partial charge on any atom is -0.478 e. The molecule has 0 atom stereocenters. The summed E-state index contributed by atoms with van der Waals surface area (Å²) in [6, 6.07) is 6.83. The van der Waals surface area contributed by atoms with Gasteiger partial charge in [-0.05, 0) is 31.5 Å². The number of carbonyl (C=O) groups is 2. The van der Waals surface area contributed by atoms with Crippen LogP contribution in [0.5, 0.6) is 0 Å². The van der Waals surface area contributed by atoms with E-state index in [4.69, 9.17) is 5.11 Å². The number of rotatable bonds is 3. The standard InChI is InChI=1S/C14H15N3O3/c1-8-4-3-5-10(6-8)16-14(20)17-11-7-15-9(2)12(11)13(18)19/h3-7,15H,1-2H3,(H,18,19)(H2,16,17,20). The molecule has 6 heteroatoms. The molecule has 0 bridgehead atoms. The number of urea groups is 1. The summed E-state index contributed by atoms with van der Waals surface area (Å²) in [5.74, 6) is -1.09. The molecule has 0 saturated carbocycles. The molecule has 20 heavy (non-hydrogen) atoms. The summed E-state index contributed by atoms with van der Waals surface area (Å²) in [5, 5.41) is 14.3. The monoisotopic (exact) mass is 273 g/mol. The summed E-state index contributed by atoms with van der Waals surface area (Å²) in [6.07, 6.45) is 1.45. The van der Waals surface area contributed by atoms with E-state index < -0.39 is 12.0 Å². The number of aromatic carboxylic acids is 1. The topological polar surface area (TPSA) is 94.2 Å². The first-order valence-electron chi connectivity index (χ1n) is 6.03. The van der Waals surface area contributed by atoms with Crippen LogP contribution < -0.4 is 10.6 Å². The summed E-state index contributed by atoms with van der Waals surface area (Å²) >= 11 is 0. The fourth-order valence-corrected chi connectivity index (χ4v) is 1.91. The molecule has 104 valence electrons. The van der Waals surface area contributed by atoms with Crippen molar-refractivity contribution in [1.29, 1.82) is 0 Å². The Bertz CT molecular complexity index is 661. The number of carbonyl (C=O) groups excluding carboxylic acids is 1. The summed E-state index contributed by atoms with van der Waals surface area (Å²) in [4.78, 5) is 25.7. The van der Waals surface area contributed by atoms with Gasteiger partial charge < -0.3 is 20.7 Å². The van der Waals surface area contributed by atoms with Crippen molar-refractivity contribution in [2.75, 3.05) is 10.6 Å². The number of nitrogens with one attached hydrogen (secondary N) is 3. The van der Waals surface area contributed by atoms with E-state index in [1.54, 1.807) is 13.0 Å². The van der Waals surface area contributed by atoms with Crippen LogP contribution in [0.2, 0.25) is 0 Å². The van der Waals surface area contributed by atoms with Gasteiger partial charge in [-0.15, -0.1) is 0 Å². The number of anilines is 2. The van der Waals surface area contributed by atoms with Crippen LogP contribution in [0, 0.1) is 13.8 Å². The molecule has 0 aliphatic rings. The number of hydrogen-bond acceptors (Lipinski definition) is 2. The number of aryl methyl sites for hydroxylation is 2. The van der Waals surface area contributed by atoms with Gasteiger partial charge in [-0.3, -0.25) is 0 Å². The number of H-pyrrole nitrogens is 1. The van der Waals surface area contributed by atoms with Gasteiger partial charge in [0.15, 0.2) is 0 Å². The molecule has 0 fully saturated rings. The highest BCUT2D eigenvalue weighted by Crippen LogP contribution is 2.19. The Balaban J connectivity index is 2.11. The summed E-state index contributed by atoms with van der Waals surface area (Å²) < 4.78 is 0. The zero-order valence-electron chi connectivity index (χ0n) is 11.2. The lowest BCUT2D eigenvalue weighted by atomic mass is 10.2. The van der Waals surface area contributed by atoms with E-state index in [-0.39, 0.29) is 11.3 Å². The second kappa shape index (κ2) is 5.48. The summed E-state index contributed by atoms with van der Waals surface area (Å²) in [7, 11) is 0. The number of benzene rings is 1. The van der Waals surface area contributed by atoms with Crippen molar-refractivity contribution in [3.63, 3.8) is 0 Å². The van der Waals surface area contributed by atoms with E-state index >= 15 is 0 Å². The SMILES string of the molecule is Cc1cccc(NC(=O)Nc2c[nH]c(C)c2C(=O)O)c1. The minimum atomic E-state index is -1.09. The molecule has 0 spiro atoms. The van der Waals surface area contributed by atoms with E-state index in [1.807, 2.05) is 25.1 Å². The van der Waals surface area contributed by atoms with E-state index in [2.05, 4.69) is 15.6 Å². The average Bonchev–Trinajstić information content (AvgIpc) is 2.70. The second-order valence-electron chi connectivity index (χ2n) is 4.46. The molecule has 0 aliphatic heterocycles. The molecule has 0 saturated heterocycles. The molecule has 2 rings (SSSR count). The fraction of sp³-hybridized carbons (Fsp3) is 0.143. The third-order valence-corrected chi connectivity index (χ3v) is 2.82. The van der Waals surface area contributed by atoms with Crippen LogP contribution in [0.1, 0.15) is 21.6 Å². The molecule has 0 radical (unpaired) electrons. The lowest BCUT2D eigenvalue weighted by molar-refractivity contribution is 0.0697. The first kappa shape index (κ1) is 13.7. The fourth-order valence-electron chi connectivity index (χ4n) is 1.91. The molecule has 2 aromatic rings. The van der Waals surface area contributed by atoms with Crippen molar-refractivity contribution in [2.45, 2.75) is 13.8 Å². The maximum atomic E-state index is 11.8. The Labute approximate surface area is 115 Å². The first-order valence-corrected chi connectivity index (χ1v) is 6.03. The first-order chi connectivity index (χ1) is 9.47. The van der Waals surface area contributed by atoms with Crippen LogP contribution in [-0.2, 0) is 0 Å². The molecular weight excluding hydrogens is 258 g/mol. The van der Waals surface area contributed by atoms with Crippen molar-refractivity contribution < 1.29 is 14.7 Å². The Morgan fingerprint density at radius 2 is 1.95 bits per heavy atom. The lowest BCUT2D eigenvalue weighted by Crippen LogP contribution is -2.20. The largest absolute Gasteiger partial charge is 0.478 e. The molecule has 6 nitrogen and oxygen atoms in total. The normalized spacial score (nSPS) is 10.1. The Morgan fingerprint density at radius 3 is 2.60 bits per heavy atom. The molecular formula is C14H15N3O3. The highest BCUT2D eigenvalue weighted by molar-refractivity contribution is 6.05. The van der Waals surface area contributed by atoms with Crippen LogP contribution >= 0.6 is 0 Å². The zero-order valence-corrected chi connectivity index (χ0v) is 11.2. The van der Waals surface area contributed by atoms with Gasteiger partial charge in [0.1, 0.15) is 5.56 Å². The van der Waals surface area contributed by atoms with Crippen LogP contribution in [0.15, 0.2) is 30.5 Å². The smallest absolute Gasteiger partial charge is 0.339 e. The number of carboxylic acid groups (broad SMARTS) is 1. The molecule has 2 amide bonds. The predicted octanol–water partition coefficient (Wildman–Crippen LogP) is 2.97. The maximum Gasteiger partial charge on any atom is 0.339 e. The van der Waals surface area contributed by atoms with Gasteiger partial charge in [0, 0.05) is 17.6 Å².